The second-order valence-electron chi connectivity index (χ2n) is 14.0. The van der Waals surface area contributed by atoms with Gasteiger partial charge in [-0.3, -0.25) is 0 Å². The first-order valence-corrected chi connectivity index (χ1v) is 17.3. The summed E-state index contributed by atoms with van der Waals surface area (Å²) in [6.45, 7) is 4.74. The Bertz CT molecular complexity index is 2670. The summed E-state index contributed by atoms with van der Waals surface area (Å²) in [5, 5.41) is 10.2. The summed E-state index contributed by atoms with van der Waals surface area (Å²) >= 11 is 0. The third-order valence-electron chi connectivity index (χ3n) is 11.0. The van der Waals surface area contributed by atoms with E-state index in [4.69, 9.17) is 0 Å². The van der Waals surface area contributed by atoms with E-state index < -0.39 is 0 Å². The lowest BCUT2D eigenvalue weighted by Gasteiger charge is -2.24. The highest BCUT2D eigenvalue weighted by atomic mass is 14.4. The van der Waals surface area contributed by atoms with Crippen molar-refractivity contribution >= 4 is 43.1 Å². The highest BCUT2D eigenvalue weighted by Crippen LogP contribution is 2.53. The minimum absolute atomic E-state index is 0.0637. The Morgan fingerprint density at radius 1 is 0.286 bits per heavy atom. The van der Waals surface area contributed by atoms with Crippen LogP contribution in [0.25, 0.3) is 87.6 Å². The predicted molar refractivity (Wildman–Crippen MR) is 210 cm³/mol. The van der Waals surface area contributed by atoms with Gasteiger partial charge >= 0.3 is 0 Å². The maximum atomic E-state index is 2.47. The third kappa shape index (κ3) is 3.98. The van der Waals surface area contributed by atoms with Crippen LogP contribution < -0.4 is 0 Å². The largest absolute Gasteiger partial charge is 0.0622 e. The van der Waals surface area contributed by atoms with Crippen LogP contribution in [0.1, 0.15) is 25.0 Å². The molecule has 0 atom stereocenters. The molecule has 0 bridgehead atoms. The molecule has 10 rings (SSSR count). The van der Waals surface area contributed by atoms with Gasteiger partial charge in [0.2, 0.25) is 0 Å². The molecule has 0 aromatic heterocycles. The topological polar surface area (TPSA) is 0 Å². The summed E-state index contributed by atoms with van der Waals surface area (Å²) in [4.78, 5) is 0. The molecule has 0 unspecified atom stereocenters. The Labute approximate surface area is 286 Å². The van der Waals surface area contributed by atoms with E-state index >= 15 is 0 Å². The lowest BCUT2D eigenvalue weighted by molar-refractivity contribution is 0.660. The maximum Gasteiger partial charge on any atom is 0.0159 e. The van der Waals surface area contributed by atoms with Crippen LogP contribution in [-0.2, 0) is 5.41 Å². The Morgan fingerprint density at radius 3 is 1.14 bits per heavy atom. The van der Waals surface area contributed by atoms with Crippen LogP contribution in [0.5, 0.6) is 0 Å². The second kappa shape index (κ2) is 10.5. The Morgan fingerprint density at radius 2 is 0.653 bits per heavy atom. The van der Waals surface area contributed by atoms with Crippen molar-refractivity contribution in [3.05, 3.63) is 181 Å². The van der Waals surface area contributed by atoms with Crippen molar-refractivity contribution in [2.45, 2.75) is 19.3 Å². The molecule has 49 heavy (non-hydrogen) atoms. The van der Waals surface area contributed by atoms with E-state index in [1.165, 1.54) is 98.7 Å². The zero-order valence-corrected chi connectivity index (χ0v) is 27.7. The zero-order valence-electron chi connectivity index (χ0n) is 27.7. The molecule has 0 amide bonds. The average Bonchev–Trinajstić information content (AvgIpc) is 3.39. The van der Waals surface area contributed by atoms with Crippen LogP contribution in [0.2, 0.25) is 0 Å². The van der Waals surface area contributed by atoms with E-state index in [0.717, 1.165) is 0 Å². The number of rotatable bonds is 3. The van der Waals surface area contributed by atoms with Gasteiger partial charge in [0.15, 0.2) is 0 Å². The molecule has 0 N–H and O–H groups in total. The first-order valence-electron chi connectivity index (χ1n) is 17.3. The molecular weight excluding hydrogens is 589 g/mol. The van der Waals surface area contributed by atoms with E-state index in [1.54, 1.807) is 0 Å². The molecule has 0 radical (unpaired) electrons. The van der Waals surface area contributed by atoms with Gasteiger partial charge < -0.3 is 0 Å². The van der Waals surface area contributed by atoms with Gasteiger partial charge in [-0.05, 0) is 105 Å². The average molecular weight is 623 g/mol. The minimum atomic E-state index is -0.0637. The summed E-state index contributed by atoms with van der Waals surface area (Å²) in [7, 11) is 0. The lowest BCUT2D eigenvalue weighted by atomic mass is 9.79. The first-order chi connectivity index (χ1) is 24.1. The van der Waals surface area contributed by atoms with Gasteiger partial charge in [-0.15, -0.1) is 0 Å². The smallest absolute Gasteiger partial charge is 0.0159 e. The fourth-order valence-corrected chi connectivity index (χ4v) is 8.88. The quantitative estimate of drug-likeness (QED) is 0.172. The summed E-state index contributed by atoms with van der Waals surface area (Å²) in [6.07, 6.45) is 0. The van der Waals surface area contributed by atoms with Crippen molar-refractivity contribution in [3.8, 4) is 44.5 Å². The number of hydrogen-bond donors (Lipinski definition) is 0. The van der Waals surface area contributed by atoms with E-state index in [2.05, 4.69) is 184 Å². The van der Waals surface area contributed by atoms with Crippen molar-refractivity contribution in [2.75, 3.05) is 0 Å². The van der Waals surface area contributed by atoms with Gasteiger partial charge in [-0.1, -0.05) is 178 Å². The molecule has 0 fully saturated rings. The van der Waals surface area contributed by atoms with Crippen molar-refractivity contribution in [1.82, 2.24) is 0 Å². The van der Waals surface area contributed by atoms with Crippen LogP contribution in [0.15, 0.2) is 170 Å². The number of benzene rings is 9. The molecule has 0 saturated heterocycles. The Kier molecular flexibility index (Phi) is 6.02. The number of fused-ring (bicyclic) bond motifs is 7. The molecule has 1 aliphatic carbocycles. The molecule has 0 heterocycles. The van der Waals surface area contributed by atoms with Gasteiger partial charge in [0, 0.05) is 5.41 Å². The fraction of sp³-hybridized carbons (Fsp3) is 0.0612. The normalized spacial score (nSPS) is 13.3. The molecule has 0 aliphatic heterocycles. The maximum absolute atomic E-state index is 2.47. The molecule has 0 saturated carbocycles. The Balaban J connectivity index is 1.33. The molecular formula is C49H34. The highest BCUT2D eigenvalue weighted by Gasteiger charge is 2.35. The van der Waals surface area contributed by atoms with E-state index in [1.807, 2.05) is 0 Å². The van der Waals surface area contributed by atoms with E-state index in [-0.39, 0.29) is 5.41 Å². The summed E-state index contributed by atoms with van der Waals surface area (Å²) in [5.74, 6) is 0. The molecule has 1 aliphatic rings. The predicted octanol–water partition coefficient (Wildman–Crippen LogP) is 13.6. The zero-order chi connectivity index (χ0) is 32.7. The fourth-order valence-electron chi connectivity index (χ4n) is 8.88. The van der Waals surface area contributed by atoms with Crippen molar-refractivity contribution in [1.29, 1.82) is 0 Å². The molecule has 230 valence electrons. The highest BCUT2D eigenvalue weighted by molar-refractivity contribution is 6.30. The SMILES string of the molecule is CC1(C)c2ccccc2-c2ccc(-c3c4ccccc4c(-c4c5ccccc5c(-c5ccccc5)c5ccccc45)c4ccccc34)cc21. The van der Waals surface area contributed by atoms with Gasteiger partial charge in [0.05, 0.1) is 0 Å². The van der Waals surface area contributed by atoms with Crippen LogP contribution in [-0.4, -0.2) is 0 Å². The summed E-state index contributed by atoms with van der Waals surface area (Å²) in [6, 6.07) is 63.1. The standard InChI is InChI=1S/C49H34/c1-49(2)43-27-15-14-18-33(43)34-29-28-32(30-44(34)49)46-37-21-8-12-25-41(37)48(42-26-13-9-22-38(42)46)47-39-23-10-6-19-35(39)45(31-16-4-3-5-17-31)36-20-7-11-24-40(36)47/h3-30H,1-2H3. The van der Waals surface area contributed by atoms with Crippen molar-refractivity contribution in [3.63, 3.8) is 0 Å². The van der Waals surface area contributed by atoms with Crippen LogP contribution in [0.3, 0.4) is 0 Å². The lowest BCUT2D eigenvalue weighted by Crippen LogP contribution is -2.14. The van der Waals surface area contributed by atoms with Crippen LogP contribution >= 0.6 is 0 Å². The van der Waals surface area contributed by atoms with Gasteiger partial charge in [-0.25, -0.2) is 0 Å². The molecule has 0 nitrogen and oxygen atoms in total. The van der Waals surface area contributed by atoms with Gasteiger partial charge in [0.25, 0.3) is 0 Å². The van der Waals surface area contributed by atoms with Gasteiger partial charge in [-0.2, -0.15) is 0 Å². The van der Waals surface area contributed by atoms with Crippen molar-refractivity contribution in [2.24, 2.45) is 0 Å². The molecule has 0 heteroatoms. The summed E-state index contributed by atoms with van der Waals surface area (Å²) in [5.41, 5.74) is 13.2. The van der Waals surface area contributed by atoms with Crippen LogP contribution in [0.4, 0.5) is 0 Å². The molecule has 9 aromatic rings. The second-order valence-corrected chi connectivity index (χ2v) is 14.0. The van der Waals surface area contributed by atoms with Crippen LogP contribution in [0, 0.1) is 0 Å². The monoisotopic (exact) mass is 622 g/mol. The Hall–Kier alpha value is -5.98. The third-order valence-corrected chi connectivity index (χ3v) is 11.0. The number of hydrogen-bond acceptors (Lipinski definition) is 0. The van der Waals surface area contributed by atoms with Gasteiger partial charge in [0.1, 0.15) is 0 Å². The first kappa shape index (κ1) is 28.1. The minimum Gasteiger partial charge on any atom is -0.0622 e. The molecule has 0 spiro atoms. The van der Waals surface area contributed by atoms with Crippen molar-refractivity contribution < 1.29 is 0 Å². The van der Waals surface area contributed by atoms with E-state index in [0.29, 0.717) is 0 Å². The summed E-state index contributed by atoms with van der Waals surface area (Å²) < 4.78 is 0. The molecule has 9 aromatic carbocycles. The van der Waals surface area contributed by atoms with E-state index in [9.17, 15) is 0 Å².